The van der Waals surface area contributed by atoms with E-state index >= 15 is 0 Å². The molecule has 0 bridgehead atoms. The van der Waals surface area contributed by atoms with E-state index in [1.807, 2.05) is 6.07 Å². The van der Waals surface area contributed by atoms with Crippen molar-refractivity contribution in [1.29, 1.82) is 0 Å². The number of fused-ring (bicyclic) bond motifs is 1. The third kappa shape index (κ3) is 3.97. The number of carbonyl (C=O) groups is 1. The molecule has 114 valence electrons. The molecule has 7 heteroatoms. The summed E-state index contributed by atoms with van der Waals surface area (Å²) in [4.78, 5) is 19.8. The molecule has 21 heavy (non-hydrogen) atoms. The predicted octanol–water partition coefficient (Wildman–Crippen LogP) is 4.12. The van der Waals surface area contributed by atoms with Crippen molar-refractivity contribution in [2.75, 3.05) is 5.75 Å². The Kier molecular flexibility index (Phi) is 5.64. The van der Waals surface area contributed by atoms with Crippen molar-refractivity contribution in [1.82, 2.24) is 14.5 Å². The number of imidazole rings is 1. The molecule has 1 atom stereocenters. The lowest BCUT2D eigenvalue weighted by atomic mass is 10.1. The van der Waals surface area contributed by atoms with Crippen LogP contribution in [0.5, 0.6) is 0 Å². The fourth-order valence-electron chi connectivity index (χ4n) is 2.19. The molecule has 5 nitrogen and oxygen atoms in total. The lowest BCUT2D eigenvalue weighted by molar-refractivity contribution is -0.133. The van der Waals surface area contributed by atoms with E-state index in [9.17, 15) is 4.79 Å². The third-order valence-corrected chi connectivity index (χ3v) is 4.58. The van der Waals surface area contributed by atoms with Crippen molar-refractivity contribution in [3.8, 4) is 0 Å². The number of carboxylic acids is 1. The van der Waals surface area contributed by atoms with Gasteiger partial charge < -0.3 is 9.67 Å². The van der Waals surface area contributed by atoms with E-state index < -0.39 is 5.97 Å². The first-order valence-electron chi connectivity index (χ1n) is 6.91. The fraction of sp³-hybridized carbons (Fsp3) is 0.500. The van der Waals surface area contributed by atoms with Gasteiger partial charge in [-0.05, 0) is 35.3 Å². The van der Waals surface area contributed by atoms with Crippen molar-refractivity contribution in [2.45, 2.75) is 44.3 Å². The van der Waals surface area contributed by atoms with Crippen LogP contribution in [0.2, 0.25) is 0 Å². The number of pyridine rings is 1. The van der Waals surface area contributed by atoms with E-state index in [-0.39, 0.29) is 11.8 Å². The Morgan fingerprint density at radius 2 is 2.33 bits per heavy atom. The maximum atomic E-state index is 10.8. The van der Waals surface area contributed by atoms with Gasteiger partial charge in [0.05, 0.1) is 5.75 Å². The molecule has 2 rings (SSSR count). The molecule has 0 amide bonds. The van der Waals surface area contributed by atoms with E-state index in [4.69, 9.17) is 5.11 Å². The first-order valence-corrected chi connectivity index (χ1v) is 8.68. The van der Waals surface area contributed by atoms with Crippen LogP contribution < -0.4 is 0 Å². The molecule has 0 saturated carbocycles. The number of hydrogen-bond donors (Lipinski definition) is 1. The van der Waals surface area contributed by atoms with E-state index in [1.54, 1.807) is 6.20 Å². The number of rotatable bonds is 7. The van der Waals surface area contributed by atoms with Gasteiger partial charge in [-0.25, -0.2) is 9.97 Å². The van der Waals surface area contributed by atoms with Gasteiger partial charge in [0, 0.05) is 16.7 Å². The molecule has 0 aromatic carbocycles. The van der Waals surface area contributed by atoms with Crippen LogP contribution in [0.15, 0.2) is 21.9 Å². The predicted molar refractivity (Wildman–Crippen MR) is 87.8 cm³/mol. The summed E-state index contributed by atoms with van der Waals surface area (Å²) in [6, 6.07) is 2.16. The van der Waals surface area contributed by atoms with Gasteiger partial charge in [-0.1, -0.05) is 31.5 Å². The Balaban J connectivity index is 2.41. The van der Waals surface area contributed by atoms with Crippen LogP contribution in [0.4, 0.5) is 0 Å². The van der Waals surface area contributed by atoms with Gasteiger partial charge in [-0.3, -0.25) is 4.79 Å². The molecule has 2 heterocycles. The van der Waals surface area contributed by atoms with Crippen LogP contribution >= 0.6 is 27.7 Å². The standard InChI is InChI=1S/C14H18BrN3O2S/c1-3-4-5-9(2)18-13-11(6-10(15)7-16-13)17-14(18)21-8-12(19)20/h6-7,9H,3-5,8H2,1-2H3,(H,19,20). The van der Waals surface area contributed by atoms with Crippen LogP contribution in [-0.2, 0) is 4.79 Å². The van der Waals surface area contributed by atoms with Crippen molar-refractivity contribution >= 4 is 44.8 Å². The molecule has 0 saturated heterocycles. The zero-order chi connectivity index (χ0) is 15.4. The number of unbranched alkanes of at least 4 members (excludes halogenated alkanes) is 1. The van der Waals surface area contributed by atoms with Crippen LogP contribution in [-0.4, -0.2) is 31.4 Å². The summed E-state index contributed by atoms with van der Waals surface area (Å²) in [6.07, 6.45) is 5.03. The van der Waals surface area contributed by atoms with Gasteiger partial charge >= 0.3 is 5.97 Å². The first-order chi connectivity index (χ1) is 10.0. The van der Waals surface area contributed by atoms with Crippen molar-refractivity contribution in [2.24, 2.45) is 0 Å². The Morgan fingerprint density at radius 1 is 1.57 bits per heavy atom. The number of halogens is 1. The number of aliphatic carboxylic acids is 1. The molecule has 1 N–H and O–H groups in total. The average Bonchev–Trinajstić information content (AvgIpc) is 2.79. The molecule has 0 aliphatic carbocycles. The van der Waals surface area contributed by atoms with Gasteiger partial charge in [-0.15, -0.1) is 0 Å². The highest BCUT2D eigenvalue weighted by molar-refractivity contribution is 9.10. The highest BCUT2D eigenvalue weighted by Crippen LogP contribution is 2.30. The Hall–Kier alpha value is -1.08. The fourth-order valence-corrected chi connectivity index (χ4v) is 3.33. The highest BCUT2D eigenvalue weighted by Gasteiger charge is 2.18. The molecular weight excluding hydrogens is 354 g/mol. The molecule has 2 aromatic rings. The van der Waals surface area contributed by atoms with E-state index in [1.165, 1.54) is 11.8 Å². The van der Waals surface area contributed by atoms with Crippen LogP contribution in [0, 0.1) is 0 Å². The molecular formula is C14H18BrN3O2S. The Morgan fingerprint density at radius 3 is 3.00 bits per heavy atom. The van der Waals surface area contributed by atoms with E-state index in [2.05, 4.69) is 44.3 Å². The maximum Gasteiger partial charge on any atom is 0.313 e. The normalized spacial score (nSPS) is 12.7. The van der Waals surface area contributed by atoms with E-state index in [0.29, 0.717) is 0 Å². The van der Waals surface area contributed by atoms with Gasteiger partial charge in [0.25, 0.3) is 0 Å². The maximum absolute atomic E-state index is 10.8. The first kappa shape index (κ1) is 16.3. The minimum Gasteiger partial charge on any atom is -0.481 e. The SMILES string of the molecule is CCCCC(C)n1c(SCC(=O)O)nc2cc(Br)cnc21. The number of hydrogen-bond acceptors (Lipinski definition) is 4. The monoisotopic (exact) mass is 371 g/mol. The van der Waals surface area contributed by atoms with Crippen LogP contribution in [0.25, 0.3) is 11.2 Å². The van der Waals surface area contributed by atoms with E-state index in [0.717, 1.165) is 40.1 Å². The second kappa shape index (κ2) is 7.26. The lowest BCUT2D eigenvalue weighted by Gasteiger charge is -2.16. The number of thioether (sulfide) groups is 1. The minimum atomic E-state index is -0.839. The van der Waals surface area contributed by atoms with Gasteiger partial charge in [0.15, 0.2) is 10.8 Å². The minimum absolute atomic E-state index is 0.00495. The number of carboxylic acid groups (broad SMARTS) is 1. The molecule has 2 aromatic heterocycles. The summed E-state index contributed by atoms with van der Waals surface area (Å²) in [5.74, 6) is -0.834. The summed E-state index contributed by atoms with van der Waals surface area (Å²) in [5.41, 5.74) is 1.61. The topological polar surface area (TPSA) is 68.0 Å². The number of nitrogens with zero attached hydrogens (tertiary/aromatic N) is 3. The summed E-state index contributed by atoms with van der Waals surface area (Å²) in [6.45, 7) is 4.29. The summed E-state index contributed by atoms with van der Waals surface area (Å²) < 4.78 is 2.93. The molecule has 0 aliphatic heterocycles. The quantitative estimate of drug-likeness (QED) is 0.741. The molecule has 0 radical (unpaired) electrons. The zero-order valence-electron chi connectivity index (χ0n) is 12.0. The Labute approximate surface area is 136 Å². The summed E-state index contributed by atoms with van der Waals surface area (Å²) in [7, 11) is 0. The van der Waals surface area contributed by atoms with Gasteiger partial charge in [-0.2, -0.15) is 0 Å². The molecule has 0 fully saturated rings. The Bertz CT molecular complexity index is 644. The zero-order valence-corrected chi connectivity index (χ0v) is 14.4. The average molecular weight is 372 g/mol. The van der Waals surface area contributed by atoms with Crippen molar-refractivity contribution < 1.29 is 9.90 Å². The van der Waals surface area contributed by atoms with Crippen molar-refractivity contribution in [3.63, 3.8) is 0 Å². The lowest BCUT2D eigenvalue weighted by Crippen LogP contribution is -2.09. The highest BCUT2D eigenvalue weighted by atomic mass is 79.9. The van der Waals surface area contributed by atoms with Crippen LogP contribution in [0.3, 0.4) is 0 Å². The molecule has 1 unspecified atom stereocenters. The smallest absolute Gasteiger partial charge is 0.313 e. The summed E-state index contributed by atoms with van der Waals surface area (Å²) >= 11 is 4.64. The van der Waals surface area contributed by atoms with Gasteiger partial charge in [0.2, 0.25) is 0 Å². The van der Waals surface area contributed by atoms with Crippen LogP contribution in [0.1, 0.15) is 39.2 Å². The second-order valence-electron chi connectivity index (χ2n) is 4.93. The van der Waals surface area contributed by atoms with Gasteiger partial charge in [0.1, 0.15) is 5.52 Å². The second-order valence-corrected chi connectivity index (χ2v) is 6.79. The molecule has 0 aliphatic rings. The summed E-state index contributed by atoms with van der Waals surface area (Å²) in [5, 5.41) is 9.61. The third-order valence-electron chi connectivity index (χ3n) is 3.21. The number of aromatic nitrogens is 3. The van der Waals surface area contributed by atoms with Crippen molar-refractivity contribution in [3.05, 3.63) is 16.7 Å². The largest absolute Gasteiger partial charge is 0.481 e. The molecule has 0 spiro atoms.